The molecule has 84 valence electrons. The quantitative estimate of drug-likeness (QED) is 0.630. The lowest BCUT2D eigenvalue weighted by molar-refractivity contribution is 0.0292. The molecule has 0 saturated heterocycles. The molecule has 4 nitrogen and oxygen atoms in total. The molecule has 1 aliphatic heterocycles. The molecule has 0 aromatic heterocycles. The molecule has 1 heterocycles. The normalized spacial score (nSPS) is 18.8. The summed E-state index contributed by atoms with van der Waals surface area (Å²) in [6.45, 7) is 0.291. The summed E-state index contributed by atoms with van der Waals surface area (Å²) in [5, 5.41) is 4.32. The topological polar surface area (TPSA) is 47.9 Å². The van der Waals surface area contributed by atoms with E-state index in [1.54, 1.807) is 24.3 Å². The van der Waals surface area contributed by atoms with Gasteiger partial charge in [-0.2, -0.15) is 0 Å². The first kappa shape index (κ1) is 11.1. The number of hydrogen-bond donors (Lipinski definition) is 0. The lowest BCUT2D eigenvalue weighted by Crippen LogP contribution is -2.27. The predicted octanol–water partition coefficient (Wildman–Crippen LogP) is 1.99. The number of alkyl halides is 1. The van der Waals surface area contributed by atoms with Crippen molar-refractivity contribution in [3.05, 3.63) is 35.9 Å². The van der Waals surface area contributed by atoms with Gasteiger partial charge in [0.1, 0.15) is 5.71 Å². The van der Waals surface area contributed by atoms with Crippen molar-refractivity contribution in [1.29, 1.82) is 0 Å². The van der Waals surface area contributed by atoms with Crippen LogP contribution >= 0.6 is 15.9 Å². The highest BCUT2D eigenvalue weighted by Gasteiger charge is 2.26. The molecule has 5 heteroatoms. The van der Waals surface area contributed by atoms with Crippen molar-refractivity contribution in [3.8, 4) is 0 Å². The van der Waals surface area contributed by atoms with E-state index in [0.29, 0.717) is 23.2 Å². The number of ether oxygens (including phenoxy) is 1. The summed E-state index contributed by atoms with van der Waals surface area (Å²) in [6.07, 6.45) is -0.382. The monoisotopic (exact) mass is 283 g/mol. The van der Waals surface area contributed by atoms with Gasteiger partial charge in [0.05, 0.1) is 5.56 Å². The largest absolute Gasteiger partial charge is 0.449 e. The number of rotatable bonds is 3. The number of carbonyl (C=O) groups is 1. The van der Waals surface area contributed by atoms with Crippen LogP contribution in [0.1, 0.15) is 10.4 Å². The lowest BCUT2D eigenvalue weighted by atomic mass is 10.2. The first-order valence-electron chi connectivity index (χ1n) is 4.82. The van der Waals surface area contributed by atoms with Crippen molar-refractivity contribution in [2.45, 2.75) is 6.10 Å². The first-order valence-corrected chi connectivity index (χ1v) is 5.94. The van der Waals surface area contributed by atoms with E-state index >= 15 is 0 Å². The van der Waals surface area contributed by atoms with Crippen molar-refractivity contribution >= 4 is 27.6 Å². The summed E-state index contributed by atoms with van der Waals surface area (Å²) >= 11 is 3.26. The third kappa shape index (κ3) is 2.41. The van der Waals surface area contributed by atoms with Crippen LogP contribution in [0.2, 0.25) is 0 Å². The molecule has 1 aromatic rings. The number of benzene rings is 1. The third-order valence-electron chi connectivity index (χ3n) is 2.18. The fraction of sp³-hybridized carbons (Fsp3) is 0.273. The Bertz CT molecular complexity index is 405. The maximum absolute atomic E-state index is 11.7. The number of oxime groups is 1. The summed E-state index contributed by atoms with van der Waals surface area (Å²) < 4.78 is 5.28. The van der Waals surface area contributed by atoms with Crippen LogP contribution in [-0.2, 0) is 9.57 Å². The molecule has 0 N–H and O–H groups in total. The van der Waals surface area contributed by atoms with Gasteiger partial charge in [0.15, 0.2) is 12.7 Å². The summed E-state index contributed by atoms with van der Waals surface area (Å²) in [7, 11) is 0. The molecule has 1 aromatic carbocycles. The van der Waals surface area contributed by atoms with Gasteiger partial charge in [-0.05, 0) is 12.1 Å². The fourth-order valence-corrected chi connectivity index (χ4v) is 1.79. The Kier molecular flexibility index (Phi) is 3.56. The highest BCUT2D eigenvalue weighted by Crippen LogP contribution is 2.11. The molecule has 1 aliphatic rings. The van der Waals surface area contributed by atoms with Gasteiger partial charge in [-0.15, -0.1) is 0 Å². The van der Waals surface area contributed by atoms with E-state index in [9.17, 15) is 4.79 Å². The average Bonchev–Trinajstić information content (AvgIpc) is 2.77. The molecule has 0 saturated carbocycles. The minimum atomic E-state index is -0.382. The SMILES string of the molecule is O=C(OC1CON=C1CBr)c1ccccc1. The molecule has 0 spiro atoms. The van der Waals surface area contributed by atoms with Crippen LogP contribution in [0.3, 0.4) is 0 Å². The standard InChI is InChI=1S/C11H10BrNO3/c12-6-9-10(7-15-13-9)16-11(14)8-4-2-1-3-5-8/h1-5,10H,6-7H2. The Hall–Kier alpha value is -1.36. The Morgan fingerprint density at radius 2 is 2.25 bits per heavy atom. The zero-order valence-corrected chi connectivity index (χ0v) is 10.0. The Balaban J connectivity index is 2.01. The molecule has 1 atom stereocenters. The van der Waals surface area contributed by atoms with Crippen molar-refractivity contribution < 1.29 is 14.4 Å². The van der Waals surface area contributed by atoms with Gasteiger partial charge in [0, 0.05) is 5.33 Å². The molecule has 1 unspecified atom stereocenters. The summed E-state index contributed by atoms with van der Waals surface area (Å²) in [5.74, 6) is -0.357. The molecule has 2 rings (SSSR count). The highest BCUT2D eigenvalue weighted by molar-refractivity contribution is 9.09. The Morgan fingerprint density at radius 1 is 1.50 bits per heavy atom. The van der Waals surface area contributed by atoms with Gasteiger partial charge >= 0.3 is 5.97 Å². The van der Waals surface area contributed by atoms with Gasteiger partial charge < -0.3 is 9.57 Å². The van der Waals surface area contributed by atoms with Crippen LogP contribution in [0.4, 0.5) is 0 Å². The first-order chi connectivity index (χ1) is 7.81. The predicted molar refractivity (Wildman–Crippen MR) is 62.8 cm³/mol. The second-order valence-corrected chi connectivity index (χ2v) is 3.83. The van der Waals surface area contributed by atoms with E-state index in [2.05, 4.69) is 21.1 Å². The number of esters is 1. The number of hydrogen-bond acceptors (Lipinski definition) is 4. The molecule has 0 amide bonds. The van der Waals surface area contributed by atoms with Crippen molar-refractivity contribution in [1.82, 2.24) is 0 Å². The molecular formula is C11H10BrNO3. The average molecular weight is 284 g/mol. The van der Waals surface area contributed by atoms with Crippen LogP contribution in [0.15, 0.2) is 35.5 Å². The fourth-order valence-electron chi connectivity index (χ4n) is 1.33. The highest BCUT2D eigenvalue weighted by atomic mass is 79.9. The summed E-state index contributed by atoms with van der Waals surface area (Å²) in [6, 6.07) is 8.86. The summed E-state index contributed by atoms with van der Waals surface area (Å²) in [4.78, 5) is 16.6. The van der Waals surface area contributed by atoms with Gasteiger partial charge in [-0.25, -0.2) is 4.79 Å². The number of halogens is 1. The minimum absolute atomic E-state index is 0.291. The van der Waals surface area contributed by atoms with Crippen LogP contribution in [0.5, 0.6) is 0 Å². The van der Waals surface area contributed by atoms with Gasteiger partial charge in [0.2, 0.25) is 0 Å². The van der Waals surface area contributed by atoms with Crippen molar-refractivity contribution in [2.75, 3.05) is 11.9 Å². The van der Waals surface area contributed by atoms with Crippen LogP contribution in [0, 0.1) is 0 Å². The lowest BCUT2D eigenvalue weighted by Gasteiger charge is -2.10. The van der Waals surface area contributed by atoms with Gasteiger partial charge in [-0.1, -0.05) is 39.3 Å². The maximum atomic E-state index is 11.7. The smallest absolute Gasteiger partial charge is 0.338 e. The van der Waals surface area contributed by atoms with Crippen LogP contribution in [0.25, 0.3) is 0 Å². The maximum Gasteiger partial charge on any atom is 0.338 e. The van der Waals surface area contributed by atoms with Gasteiger partial charge in [-0.3, -0.25) is 0 Å². The third-order valence-corrected chi connectivity index (χ3v) is 2.75. The van der Waals surface area contributed by atoms with Gasteiger partial charge in [0.25, 0.3) is 0 Å². The van der Waals surface area contributed by atoms with E-state index < -0.39 is 0 Å². The van der Waals surface area contributed by atoms with Crippen molar-refractivity contribution in [2.24, 2.45) is 5.16 Å². The zero-order chi connectivity index (χ0) is 11.4. The Morgan fingerprint density at radius 3 is 2.94 bits per heavy atom. The van der Waals surface area contributed by atoms with E-state index in [1.165, 1.54) is 0 Å². The number of carbonyl (C=O) groups excluding carboxylic acids is 1. The van der Waals surface area contributed by atoms with E-state index in [4.69, 9.17) is 9.57 Å². The molecule has 0 aliphatic carbocycles. The van der Waals surface area contributed by atoms with E-state index in [-0.39, 0.29) is 12.1 Å². The van der Waals surface area contributed by atoms with E-state index in [1.807, 2.05) is 6.07 Å². The van der Waals surface area contributed by atoms with Crippen LogP contribution < -0.4 is 0 Å². The second kappa shape index (κ2) is 5.12. The van der Waals surface area contributed by atoms with E-state index in [0.717, 1.165) is 0 Å². The summed E-state index contributed by atoms with van der Waals surface area (Å²) in [5.41, 5.74) is 1.23. The van der Waals surface area contributed by atoms with Crippen LogP contribution in [-0.4, -0.2) is 29.7 Å². The molecular weight excluding hydrogens is 274 g/mol. The number of nitrogens with zero attached hydrogens (tertiary/aromatic N) is 1. The minimum Gasteiger partial charge on any atom is -0.449 e. The van der Waals surface area contributed by atoms with Crippen molar-refractivity contribution in [3.63, 3.8) is 0 Å². The molecule has 0 bridgehead atoms. The second-order valence-electron chi connectivity index (χ2n) is 3.27. The molecule has 0 fully saturated rings. The zero-order valence-electron chi connectivity index (χ0n) is 8.43. The molecule has 0 radical (unpaired) electrons. The molecule has 16 heavy (non-hydrogen) atoms. The Labute approximate surface area is 101 Å².